The lowest BCUT2D eigenvalue weighted by Gasteiger charge is -2.03. The summed E-state index contributed by atoms with van der Waals surface area (Å²) in [6.45, 7) is 0. The van der Waals surface area contributed by atoms with Gasteiger partial charge in [-0.25, -0.2) is 9.78 Å². The first-order valence-corrected chi connectivity index (χ1v) is 5.09. The van der Waals surface area contributed by atoms with Gasteiger partial charge in [0.1, 0.15) is 11.6 Å². The SMILES string of the molecule is COc1ccc(-c2nc(C(=O)O)cc(=O)[nH]2)cc1. The lowest BCUT2D eigenvalue weighted by molar-refractivity contribution is 0.0690. The van der Waals surface area contributed by atoms with Crippen LogP contribution in [0.25, 0.3) is 11.4 Å². The number of aromatic nitrogens is 2. The summed E-state index contributed by atoms with van der Waals surface area (Å²) in [4.78, 5) is 28.5. The molecule has 6 nitrogen and oxygen atoms in total. The molecular weight excluding hydrogens is 236 g/mol. The zero-order valence-electron chi connectivity index (χ0n) is 9.51. The quantitative estimate of drug-likeness (QED) is 0.847. The van der Waals surface area contributed by atoms with E-state index < -0.39 is 11.5 Å². The highest BCUT2D eigenvalue weighted by atomic mass is 16.5. The number of nitrogens with one attached hydrogen (secondary N) is 1. The highest BCUT2D eigenvalue weighted by Gasteiger charge is 2.09. The molecule has 0 aliphatic rings. The summed E-state index contributed by atoms with van der Waals surface area (Å²) >= 11 is 0. The summed E-state index contributed by atoms with van der Waals surface area (Å²) in [5.74, 6) is -0.367. The molecular formula is C12H10N2O4. The van der Waals surface area contributed by atoms with Crippen LogP contribution in [0, 0.1) is 0 Å². The van der Waals surface area contributed by atoms with Gasteiger partial charge in [-0.3, -0.25) is 4.79 Å². The molecule has 0 aliphatic heterocycles. The molecule has 2 rings (SSSR count). The van der Waals surface area contributed by atoms with Crippen LogP contribution in [-0.4, -0.2) is 28.2 Å². The Balaban J connectivity index is 2.49. The van der Waals surface area contributed by atoms with E-state index in [-0.39, 0.29) is 11.5 Å². The highest BCUT2D eigenvalue weighted by Crippen LogP contribution is 2.18. The maximum Gasteiger partial charge on any atom is 0.354 e. The van der Waals surface area contributed by atoms with Gasteiger partial charge in [0.15, 0.2) is 5.69 Å². The number of carbonyl (C=O) groups is 1. The molecule has 18 heavy (non-hydrogen) atoms. The van der Waals surface area contributed by atoms with Gasteiger partial charge in [-0.2, -0.15) is 0 Å². The normalized spacial score (nSPS) is 10.1. The fraction of sp³-hybridized carbons (Fsp3) is 0.0833. The summed E-state index contributed by atoms with van der Waals surface area (Å²) in [5, 5.41) is 8.83. The highest BCUT2D eigenvalue weighted by molar-refractivity contribution is 5.85. The molecule has 0 fully saturated rings. The third kappa shape index (κ3) is 2.37. The van der Waals surface area contributed by atoms with E-state index in [1.165, 1.54) is 0 Å². The first kappa shape index (κ1) is 11.8. The number of carboxylic acids is 1. The number of aromatic amines is 1. The Morgan fingerprint density at radius 3 is 2.56 bits per heavy atom. The van der Waals surface area contributed by atoms with Gasteiger partial charge in [0.2, 0.25) is 0 Å². The molecule has 0 saturated carbocycles. The maximum atomic E-state index is 11.3. The molecule has 0 radical (unpaired) electrons. The van der Waals surface area contributed by atoms with Crippen molar-refractivity contribution < 1.29 is 14.6 Å². The minimum atomic E-state index is -1.24. The minimum Gasteiger partial charge on any atom is -0.497 e. The number of ether oxygens (including phenoxy) is 1. The summed E-state index contributed by atoms with van der Waals surface area (Å²) in [5.41, 5.74) is -0.186. The van der Waals surface area contributed by atoms with Gasteiger partial charge in [-0.05, 0) is 24.3 Å². The number of hydrogen-bond donors (Lipinski definition) is 2. The van der Waals surface area contributed by atoms with E-state index in [1.807, 2.05) is 0 Å². The zero-order chi connectivity index (χ0) is 13.1. The minimum absolute atomic E-state index is 0.211. The van der Waals surface area contributed by atoms with Crippen molar-refractivity contribution in [3.05, 3.63) is 46.4 Å². The van der Waals surface area contributed by atoms with E-state index in [0.717, 1.165) is 6.07 Å². The predicted octanol–water partition coefficient (Wildman–Crippen LogP) is 1.14. The topological polar surface area (TPSA) is 92.3 Å². The van der Waals surface area contributed by atoms with Crippen molar-refractivity contribution in [2.75, 3.05) is 7.11 Å². The number of hydrogen-bond acceptors (Lipinski definition) is 4. The van der Waals surface area contributed by atoms with Crippen molar-refractivity contribution in [2.45, 2.75) is 0 Å². The fourth-order valence-electron chi connectivity index (χ4n) is 1.45. The molecule has 0 atom stereocenters. The largest absolute Gasteiger partial charge is 0.497 e. The Kier molecular flexibility index (Phi) is 3.09. The van der Waals surface area contributed by atoms with Crippen molar-refractivity contribution in [2.24, 2.45) is 0 Å². The molecule has 1 aromatic heterocycles. The van der Waals surface area contributed by atoms with E-state index >= 15 is 0 Å². The summed E-state index contributed by atoms with van der Waals surface area (Å²) in [6.07, 6.45) is 0. The van der Waals surface area contributed by atoms with Crippen LogP contribution in [-0.2, 0) is 0 Å². The molecule has 0 aliphatic carbocycles. The second-order valence-electron chi connectivity index (χ2n) is 3.51. The van der Waals surface area contributed by atoms with Crippen LogP contribution >= 0.6 is 0 Å². The summed E-state index contributed by atoms with van der Waals surface area (Å²) in [7, 11) is 1.54. The molecule has 1 heterocycles. The summed E-state index contributed by atoms with van der Waals surface area (Å²) in [6, 6.07) is 7.70. The maximum absolute atomic E-state index is 11.3. The van der Waals surface area contributed by atoms with Gasteiger partial charge in [-0.15, -0.1) is 0 Å². The van der Waals surface area contributed by atoms with E-state index in [9.17, 15) is 9.59 Å². The van der Waals surface area contributed by atoms with Gasteiger partial charge in [-0.1, -0.05) is 0 Å². The van der Waals surface area contributed by atoms with E-state index in [2.05, 4.69) is 9.97 Å². The molecule has 2 N–H and O–H groups in total. The number of aromatic carboxylic acids is 1. The zero-order valence-corrected chi connectivity index (χ0v) is 9.51. The number of methoxy groups -OCH3 is 1. The second kappa shape index (κ2) is 4.70. The van der Waals surface area contributed by atoms with Gasteiger partial charge >= 0.3 is 5.97 Å². The van der Waals surface area contributed by atoms with Gasteiger partial charge in [0.25, 0.3) is 5.56 Å². The van der Waals surface area contributed by atoms with E-state index in [0.29, 0.717) is 11.3 Å². The average molecular weight is 246 g/mol. The molecule has 6 heteroatoms. The number of carboxylic acid groups (broad SMARTS) is 1. The standard InChI is InChI=1S/C12H10N2O4/c1-18-8-4-2-7(3-5-8)11-13-9(12(16)17)6-10(15)14-11/h2-6H,1H3,(H,16,17)(H,13,14,15). The van der Waals surface area contributed by atoms with Crippen molar-refractivity contribution in [1.82, 2.24) is 9.97 Å². The second-order valence-corrected chi connectivity index (χ2v) is 3.51. The molecule has 0 bridgehead atoms. The van der Waals surface area contributed by atoms with Crippen LogP contribution in [0.5, 0.6) is 5.75 Å². The van der Waals surface area contributed by atoms with E-state index in [1.54, 1.807) is 31.4 Å². The number of H-pyrrole nitrogens is 1. The molecule has 0 saturated heterocycles. The first-order valence-electron chi connectivity index (χ1n) is 5.09. The number of benzene rings is 1. The Labute approximate surface area is 102 Å². The van der Waals surface area contributed by atoms with Crippen LogP contribution in [0.1, 0.15) is 10.5 Å². The summed E-state index contributed by atoms with van der Waals surface area (Å²) < 4.78 is 5.00. The van der Waals surface area contributed by atoms with Crippen molar-refractivity contribution in [3.63, 3.8) is 0 Å². The Morgan fingerprint density at radius 2 is 2.00 bits per heavy atom. The predicted molar refractivity (Wildman–Crippen MR) is 63.8 cm³/mol. The molecule has 0 amide bonds. The van der Waals surface area contributed by atoms with Crippen molar-refractivity contribution in [3.8, 4) is 17.1 Å². The average Bonchev–Trinajstić information content (AvgIpc) is 2.38. The third-order valence-corrected chi connectivity index (χ3v) is 2.32. The van der Waals surface area contributed by atoms with Crippen molar-refractivity contribution in [1.29, 1.82) is 0 Å². The van der Waals surface area contributed by atoms with Crippen LogP contribution in [0.4, 0.5) is 0 Å². The number of rotatable bonds is 3. The number of nitrogens with zero attached hydrogens (tertiary/aromatic N) is 1. The van der Waals surface area contributed by atoms with Crippen LogP contribution < -0.4 is 10.3 Å². The Morgan fingerprint density at radius 1 is 1.33 bits per heavy atom. The fourth-order valence-corrected chi connectivity index (χ4v) is 1.45. The van der Waals surface area contributed by atoms with Crippen LogP contribution in [0.15, 0.2) is 35.1 Å². The van der Waals surface area contributed by atoms with Crippen LogP contribution in [0.3, 0.4) is 0 Å². The lowest BCUT2D eigenvalue weighted by Crippen LogP contribution is -2.13. The van der Waals surface area contributed by atoms with Crippen molar-refractivity contribution >= 4 is 5.97 Å². The smallest absolute Gasteiger partial charge is 0.354 e. The van der Waals surface area contributed by atoms with Gasteiger partial charge < -0.3 is 14.8 Å². The monoisotopic (exact) mass is 246 g/mol. The van der Waals surface area contributed by atoms with Crippen LogP contribution in [0.2, 0.25) is 0 Å². The Bertz CT molecular complexity index is 631. The molecule has 2 aromatic rings. The molecule has 92 valence electrons. The molecule has 0 spiro atoms. The third-order valence-electron chi connectivity index (χ3n) is 2.32. The first-order chi connectivity index (χ1) is 8.60. The molecule has 1 aromatic carbocycles. The lowest BCUT2D eigenvalue weighted by atomic mass is 10.2. The van der Waals surface area contributed by atoms with Gasteiger partial charge in [0.05, 0.1) is 7.11 Å². The Hall–Kier alpha value is -2.63. The van der Waals surface area contributed by atoms with E-state index in [4.69, 9.17) is 9.84 Å². The molecule has 0 unspecified atom stereocenters. The van der Waals surface area contributed by atoms with Gasteiger partial charge in [0, 0.05) is 11.6 Å².